The summed E-state index contributed by atoms with van der Waals surface area (Å²) in [5.41, 5.74) is 2.55. The van der Waals surface area contributed by atoms with Crippen molar-refractivity contribution in [2.24, 2.45) is 5.84 Å². The summed E-state index contributed by atoms with van der Waals surface area (Å²) in [5.74, 6) is 8.11. The number of nitrogens with zero attached hydrogens (tertiary/aromatic N) is 2. The minimum atomic E-state index is 0.476. The molecule has 0 radical (unpaired) electrons. The van der Waals surface area contributed by atoms with E-state index in [9.17, 15) is 0 Å². The van der Waals surface area contributed by atoms with E-state index in [1.54, 1.807) is 11.3 Å². The van der Waals surface area contributed by atoms with Gasteiger partial charge in [-0.3, -0.25) is 5.43 Å². The first-order valence-electron chi connectivity index (χ1n) is 6.92. The van der Waals surface area contributed by atoms with Gasteiger partial charge in [-0.2, -0.15) is 16.7 Å². The summed E-state index contributed by atoms with van der Waals surface area (Å²) in [6.45, 7) is 3.11. The Kier molecular flexibility index (Phi) is 4.28. The zero-order valence-electron chi connectivity index (χ0n) is 11.5. The number of anilines is 2. The van der Waals surface area contributed by atoms with Crippen LogP contribution in [-0.2, 0) is 6.42 Å². The van der Waals surface area contributed by atoms with Crippen LogP contribution in [0.3, 0.4) is 0 Å². The average molecular weight is 309 g/mol. The van der Waals surface area contributed by atoms with Crippen molar-refractivity contribution in [1.82, 2.24) is 9.97 Å². The molecule has 2 aromatic heterocycles. The molecule has 0 bridgehead atoms. The summed E-state index contributed by atoms with van der Waals surface area (Å²) in [6, 6.07) is 2.18. The van der Waals surface area contributed by atoms with Gasteiger partial charge in [-0.05, 0) is 31.1 Å². The molecule has 0 aromatic carbocycles. The molecular weight excluding hydrogens is 290 g/mol. The van der Waals surface area contributed by atoms with E-state index in [4.69, 9.17) is 5.84 Å². The minimum Gasteiger partial charge on any atom is -0.368 e. The zero-order chi connectivity index (χ0) is 13.9. The van der Waals surface area contributed by atoms with Crippen LogP contribution in [0.25, 0.3) is 10.2 Å². The quantitative estimate of drug-likeness (QED) is 0.582. The molecule has 3 heterocycles. The number of aromatic nitrogens is 2. The lowest BCUT2D eigenvalue weighted by molar-refractivity contribution is 0.804. The standard InChI is InChI=1S/C13H19N5S2/c1-2-8-6-10-11(15-7-9-4-3-5-19-9)16-13(18-14)17-12(10)20-8/h6,9H,2-5,7,14H2,1H3,(H2,15,16,17,18). The first kappa shape index (κ1) is 13.9. The summed E-state index contributed by atoms with van der Waals surface area (Å²) in [6.07, 6.45) is 3.63. The van der Waals surface area contributed by atoms with Crippen molar-refractivity contribution < 1.29 is 0 Å². The summed E-state index contributed by atoms with van der Waals surface area (Å²) in [4.78, 5) is 11.2. The normalized spacial score (nSPS) is 18.6. The van der Waals surface area contributed by atoms with Gasteiger partial charge in [0.2, 0.25) is 5.95 Å². The van der Waals surface area contributed by atoms with E-state index >= 15 is 0 Å². The maximum Gasteiger partial charge on any atom is 0.240 e. The molecule has 20 heavy (non-hydrogen) atoms. The first-order valence-corrected chi connectivity index (χ1v) is 8.79. The van der Waals surface area contributed by atoms with Crippen molar-refractivity contribution in [2.75, 3.05) is 23.0 Å². The lowest BCUT2D eigenvalue weighted by atomic mass is 10.2. The third kappa shape index (κ3) is 2.84. The zero-order valence-corrected chi connectivity index (χ0v) is 13.1. The van der Waals surface area contributed by atoms with Gasteiger partial charge in [0.25, 0.3) is 0 Å². The van der Waals surface area contributed by atoms with E-state index in [2.05, 4.69) is 33.7 Å². The van der Waals surface area contributed by atoms with E-state index in [0.717, 1.165) is 29.0 Å². The van der Waals surface area contributed by atoms with E-state index in [1.165, 1.54) is 23.5 Å². The predicted octanol–water partition coefficient (Wildman–Crippen LogP) is 2.85. The van der Waals surface area contributed by atoms with Crippen molar-refractivity contribution in [1.29, 1.82) is 0 Å². The maximum atomic E-state index is 5.47. The van der Waals surface area contributed by atoms with Gasteiger partial charge in [-0.15, -0.1) is 11.3 Å². The van der Waals surface area contributed by atoms with Crippen LogP contribution in [0.15, 0.2) is 6.07 Å². The fourth-order valence-corrected chi connectivity index (χ4v) is 4.53. The molecule has 1 saturated heterocycles. The van der Waals surface area contributed by atoms with Crippen LogP contribution in [0.5, 0.6) is 0 Å². The Morgan fingerprint density at radius 2 is 2.35 bits per heavy atom. The molecule has 4 N–H and O–H groups in total. The van der Waals surface area contributed by atoms with Gasteiger partial charge in [0, 0.05) is 16.7 Å². The van der Waals surface area contributed by atoms with Gasteiger partial charge in [-0.25, -0.2) is 10.8 Å². The molecule has 0 spiro atoms. The highest BCUT2D eigenvalue weighted by molar-refractivity contribution is 8.00. The Labute approximate surface area is 126 Å². The molecular formula is C13H19N5S2. The maximum absolute atomic E-state index is 5.47. The second-order valence-corrected chi connectivity index (χ2v) is 7.36. The number of hydrogen-bond acceptors (Lipinski definition) is 7. The Balaban J connectivity index is 1.87. The third-order valence-corrected chi connectivity index (χ3v) is 6.01. The molecule has 1 aliphatic rings. The first-order chi connectivity index (χ1) is 9.80. The van der Waals surface area contributed by atoms with Gasteiger partial charge < -0.3 is 5.32 Å². The number of thioether (sulfide) groups is 1. The van der Waals surface area contributed by atoms with Crippen molar-refractivity contribution in [2.45, 2.75) is 31.4 Å². The van der Waals surface area contributed by atoms with Crippen molar-refractivity contribution in [3.05, 3.63) is 10.9 Å². The minimum absolute atomic E-state index is 0.476. The van der Waals surface area contributed by atoms with Crippen molar-refractivity contribution >= 4 is 45.1 Å². The molecule has 5 nitrogen and oxygen atoms in total. The molecule has 0 saturated carbocycles. The fraction of sp³-hybridized carbons (Fsp3) is 0.538. The molecule has 1 aliphatic heterocycles. The fourth-order valence-electron chi connectivity index (χ4n) is 2.36. The highest BCUT2D eigenvalue weighted by Crippen LogP contribution is 2.31. The van der Waals surface area contributed by atoms with Gasteiger partial charge in [0.1, 0.15) is 10.6 Å². The van der Waals surface area contributed by atoms with Crippen molar-refractivity contribution in [3.8, 4) is 0 Å². The summed E-state index contributed by atoms with van der Waals surface area (Å²) >= 11 is 3.75. The number of hydrogen-bond donors (Lipinski definition) is 3. The largest absolute Gasteiger partial charge is 0.368 e. The number of nitrogens with two attached hydrogens (primary N) is 1. The van der Waals surface area contributed by atoms with Gasteiger partial charge in [-0.1, -0.05) is 6.92 Å². The van der Waals surface area contributed by atoms with Crippen LogP contribution in [-0.4, -0.2) is 27.5 Å². The van der Waals surface area contributed by atoms with Gasteiger partial charge >= 0.3 is 0 Å². The molecule has 7 heteroatoms. The van der Waals surface area contributed by atoms with Crippen LogP contribution in [0.1, 0.15) is 24.6 Å². The highest BCUT2D eigenvalue weighted by atomic mass is 32.2. The second-order valence-electron chi connectivity index (χ2n) is 4.84. The lowest BCUT2D eigenvalue weighted by Gasteiger charge is -2.12. The van der Waals surface area contributed by atoms with Crippen LogP contribution >= 0.6 is 23.1 Å². The third-order valence-electron chi connectivity index (χ3n) is 3.44. The highest BCUT2D eigenvalue weighted by Gasteiger charge is 2.17. The monoisotopic (exact) mass is 309 g/mol. The molecule has 0 aliphatic carbocycles. The van der Waals surface area contributed by atoms with E-state index in [1.807, 2.05) is 11.8 Å². The Bertz CT molecular complexity index is 592. The number of hydrazine groups is 1. The van der Waals surface area contributed by atoms with Crippen molar-refractivity contribution in [3.63, 3.8) is 0 Å². The molecule has 2 aromatic rings. The molecule has 0 amide bonds. The number of thiophene rings is 1. The Morgan fingerprint density at radius 1 is 1.45 bits per heavy atom. The number of fused-ring (bicyclic) bond motifs is 1. The number of nitrogen functional groups attached to an aromatic ring is 1. The van der Waals surface area contributed by atoms with Gasteiger partial charge in [0.15, 0.2) is 0 Å². The predicted molar refractivity (Wildman–Crippen MR) is 88.6 cm³/mol. The van der Waals surface area contributed by atoms with E-state index in [0.29, 0.717) is 11.2 Å². The molecule has 1 fully saturated rings. The van der Waals surface area contributed by atoms with Gasteiger partial charge in [0.05, 0.1) is 5.39 Å². The Hall–Kier alpha value is -1.05. The smallest absolute Gasteiger partial charge is 0.240 e. The van der Waals surface area contributed by atoms with E-state index in [-0.39, 0.29) is 0 Å². The molecule has 1 unspecified atom stereocenters. The Morgan fingerprint density at radius 3 is 3.05 bits per heavy atom. The average Bonchev–Trinajstić information content (AvgIpc) is 3.12. The summed E-state index contributed by atoms with van der Waals surface area (Å²) in [7, 11) is 0. The number of aryl methyl sites for hydroxylation is 1. The van der Waals surface area contributed by atoms with Crippen LogP contribution in [0.2, 0.25) is 0 Å². The summed E-state index contributed by atoms with van der Waals surface area (Å²) < 4.78 is 0. The topological polar surface area (TPSA) is 75.9 Å². The summed E-state index contributed by atoms with van der Waals surface area (Å²) in [5, 5.41) is 5.28. The SMILES string of the molecule is CCc1cc2c(NCC3CCCS3)nc(NN)nc2s1. The van der Waals surface area contributed by atoms with Crippen LogP contribution < -0.4 is 16.6 Å². The van der Waals surface area contributed by atoms with E-state index < -0.39 is 0 Å². The van der Waals surface area contributed by atoms with Crippen LogP contribution in [0, 0.1) is 0 Å². The number of rotatable bonds is 5. The lowest BCUT2D eigenvalue weighted by Crippen LogP contribution is -2.16. The van der Waals surface area contributed by atoms with Crippen LogP contribution in [0.4, 0.5) is 11.8 Å². The number of nitrogens with one attached hydrogen (secondary N) is 2. The molecule has 1 atom stereocenters. The molecule has 108 valence electrons. The molecule has 3 rings (SSSR count). The second kappa shape index (κ2) is 6.15.